The van der Waals surface area contributed by atoms with Gasteiger partial charge in [0.05, 0.1) is 11.3 Å². The maximum absolute atomic E-state index is 8.93. The first-order chi connectivity index (χ1) is 9.72. The summed E-state index contributed by atoms with van der Waals surface area (Å²) < 4.78 is 6.25. The summed E-state index contributed by atoms with van der Waals surface area (Å²) >= 11 is 5.76. The number of hydrogen-bond acceptors (Lipinski definition) is 3. The third-order valence-corrected chi connectivity index (χ3v) is 4.34. The Kier molecular flexibility index (Phi) is 5.44. The molecule has 0 heterocycles. The number of aryl methyl sites for hydroxylation is 1. The summed E-state index contributed by atoms with van der Waals surface area (Å²) in [5, 5.41) is 12.3. The molecule has 0 bridgehead atoms. The van der Waals surface area contributed by atoms with Gasteiger partial charge in [-0.05, 0) is 50.2 Å². The van der Waals surface area contributed by atoms with Crippen molar-refractivity contribution >= 4 is 17.3 Å². The van der Waals surface area contributed by atoms with Gasteiger partial charge in [0.25, 0.3) is 0 Å². The van der Waals surface area contributed by atoms with Crippen LogP contribution >= 0.6 is 11.6 Å². The lowest BCUT2D eigenvalue weighted by atomic mass is 9.77. The van der Waals surface area contributed by atoms with Gasteiger partial charge in [-0.3, -0.25) is 0 Å². The van der Waals surface area contributed by atoms with Gasteiger partial charge in [-0.25, -0.2) is 0 Å². The van der Waals surface area contributed by atoms with Gasteiger partial charge >= 0.3 is 0 Å². The number of hydrogen-bond donors (Lipinski definition) is 1. The number of benzene rings is 1. The van der Waals surface area contributed by atoms with Gasteiger partial charge in [-0.1, -0.05) is 29.4 Å². The standard InChI is InChI=1S/C16H22ClNO2/c1-13-5-2-3-6-15(13)16(20-12-4-11-17)9-7-14(18-19)8-10-16/h2-3,5-6,19H,4,7-12H2,1H3. The van der Waals surface area contributed by atoms with E-state index in [0.717, 1.165) is 37.8 Å². The van der Waals surface area contributed by atoms with Crippen molar-refractivity contribution < 1.29 is 9.94 Å². The first-order valence-electron chi connectivity index (χ1n) is 7.18. The molecule has 3 nitrogen and oxygen atoms in total. The maximum Gasteiger partial charge on any atom is 0.0941 e. The molecule has 1 aliphatic rings. The van der Waals surface area contributed by atoms with Crippen LogP contribution in [0.25, 0.3) is 0 Å². The highest BCUT2D eigenvalue weighted by atomic mass is 35.5. The van der Waals surface area contributed by atoms with Crippen molar-refractivity contribution in [1.29, 1.82) is 0 Å². The summed E-state index contributed by atoms with van der Waals surface area (Å²) in [6, 6.07) is 8.38. The molecule has 1 N–H and O–H groups in total. The van der Waals surface area contributed by atoms with E-state index in [1.165, 1.54) is 11.1 Å². The van der Waals surface area contributed by atoms with E-state index in [-0.39, 0.29) is 5.60 Å². The van der Waals surface area contributed by atoms with Gasteiger partial charge in [0.1, 0.15) is 0 Å². The second-order valence-corrected chi connectivity index (χ2v) is 5.74. The molecule has 0 spiro atoms. The van der Waals surface area contributed by atoms with E-state index in [2.05, 4.69) is 36.3 Å². The fourth-order valence-electron chi connectivity index (χ4n) is 2.94. The molecular formula is C16H22ClNO2. The summed E-state index contributed by atoms with van der Waals surface area (Å²) in [6.45, 7) is 2.79. The smallest absolute Gasteiger partial charge is 0.0941 e. The van der Waals surface area contributed by atoms with Crippen LogP contribution in [0.5, 0.6) is 0 Å². The van der Waals surface area contributed by atoms with Gasteiger partial charge in [0.2, 0.25) is 0 Å². The highest BCUT2D eigenvalue weighted by molar-refractivity contribution is 6.17. The third kappa shape index (κ3) is 3.33. The number of nitrogens with zero attached hydrogens (tertiary/aromatic N) is 1. The molecule has 0 saturated heterocycles. The fourth-order valence-corrected chi connectivity index (χ4v) is 3.05. The van der Waals surface area contributed by atoms with Crippen LogP contribution in [0.2, 0.25) is 0 Å². The van der Waals surface area contributed by atoms with Crippen LogP contribution in [0.1, 0.15) is 43.2 Å². The predicted octanol–water partition coefficient (Wildman–Crippen LogP) is 4.24. The Morgan fingerprint density at radius 3 is 2.60 bits per heavy atom. The molecule has 1 aromatic carbocycles. The first kappa shape index (κ1) is 15.3. The highest BCUT2D eigenvalue weighted by Gasteiger charge is 2.37. The minimum Gasteiger partial charge on any atom is -0.411 e. The van der Waals surface area contributed by atoms with E-state index in [4.69, 9.17) is 21.5 Å². The number of ether oxygens (including phenoxy) is 1. The van der Waals surface area contributed by atoms with Crippen molar-refractivity contribution in [2.45, 2.75) is 44.6 Å². The van der Waals surface area contributed by atoms with Gasteiger partial charge in [-0.2, -0.15) is 0 Å². The Hall–Kier alpha value is -1.06. The summed E-state index contributed by atoms with van der Waals surface area (Å²) in [5.41, 5.74) is 3.12. The van der Waals surface area contributed by atoms with Crippen LogP contribution < -0.4 is 0 Å². The van der Waals surface area contributed by atoms with E-state index in [0.29, 0.717) is 12.5 Å². The second kappa shape index (κ2) is 7.09. The van der Waals surface area contributed by atoms with Crippen molar-refractivity contribution in [3.8, 4) is 0 Å². The number of alkyl halides is 1. The molecule has 110 valence electrons. The Morgan fingerprint density at radius 2 is 2.00 bits per heavy atom. The van der Waals surface area contributed by atoms with Crippen LogP contribution in [0, 0.1) is 6.92 Å². The van der Waals surface area contributed by atoms with E-state index in [1.54, 1.807) is 0 Å². The minimum absolute atomic E-state index is 0.258. The fraction of sp³-hybridized carbons (Fsp3) is 0.562. The highest BCUT2D eigenvalue weighted by Crippen LogP contribution is 2.41. The summed E-state index contributed by atoms with van der Waals surface area (Å²) in [7, 11) is 0. The molecule has 0 amide bonds. The zero-order valence-electron chi connectivity index (χ0n) is 11.9. The molecule has 0 radical (unpaired) electrons. The Bertz CT molecular complexity index is 463. The van der Waals surface area contributed by atoms with Crippen LogP contribution in [0.15, 0.2) is 29.4 Å². The van der Waals surface area contributed by atoms with Crippen LogP contribution in [-0.4, -0.2) is 23.4 Å². The maximum atomic E-state index is 8.93. The zero-order valence-corrected chi connectivity index (χ0v) is 12.7. The monoisotopic (exact) mass is 295 g/mol. The van der Waals surface area contributed by atoms with Gasteiger partial charge < -0.3 is 9.94 Å². The first-order valence-corrected chi connectivity index (χ1v) is 7.71. The van der Waals surface area contributed by atoms with E-state index >= 15 is 0 Å². The molecule has 20 heavy (non-hydrogen) atoms. The topological polar surface area (TPSA) is 41.8 Å². The largest absolute Gasteiger partial charge is 0.411 e. The van der Waals surface area contributed by atoms with Gasteiger partial charge in [-0.15, -0.1) is 11.6 Å². The van der Waals surface area contributed by atoms with E-state index < -0.39 is 0 Å². The van der Waals surface area contributed by atoms with E-state index in [1.807, 2.05) is 0 Å². The van der Waals surface area contributed by atoms with Crippen molar-refractivity contribution in [2.24, 2.45) is 5.16 Å². The molecule has 4 heteroatoms. The lowest BCUT2D eigenvalue weighted by Gasteiger charge is -2.39. The molecule has 0 atom stereocenters. The van der Waals surface area contributed by atoms with Gasteiger partial charge in [0, 0.05) is 12.5 Å². The molecule has 1 saturated carbocycles. The molecule has 0 aliphatic heterocycles. The second-order valence-electron chi connectivity index (χ2n) is 5.37. The average molecular weight is 296 g/mol. The van der Waals surface area contributed by atoms with Crippen molar-refractivity contribution in [3.63, 3.8) is 0 Å². The SMILES string of the molecule is Cc1ccccc1C1(OCCCCl)CCC(=NO)CC1. The molecule has 1 fully saturated rings. The number of oxime groups is 1. The molecule has 1 aliphatic carbocycles. The van der Waals surface area contributed by atoms with Crippen molar-refractivity contribution in [2.75, 3.05) is 12.5 Å². The zero-order chi connectivity index (χ0) is 14.4. The molecule has 0 aromatic heterocycles. The number of rotatable bonds is 5. The van der Waals surface area contributed by atoms with Crippen molar-refractivity contribution in [1.82, 2.24) is 0 Å². The average Bonchev–Trinajstić information content (AvgIpc) is 2.49. The summed E-state index contributed by atoms with van der Waals surface area (Å²) in [5.74, 6) is 0.618. The number of halogens is 1. The lowest BCUT2D eigenvalue weighted by molar-refractivity contribution is -0.0653. The summed E-state index contributed by atoms with van der Waals surface area (Å²) in [4.78, 5) is 0. The third-order valence-electron chi connectivity index (χ3n) is 4.07. The minimum atomic E-state index is -0.258. The van der Waals surface area contributed by atoms with Gasteiger partial charge in [0.15, 0.2) is 0 Å². The molecule has 2 rings (SSSR count). The lowest BCUT2D eigenvalue weighted by Crippen LogP contribution is -2.36. The van der Waals surface area contributed by atoms with Crippen LogP contribution in [0.4, 0.5) is 0 Å². The Morgan fingerprint density at radius 1 is 1.30 bits per heavy atom. The normalized spacial score (nSPS) is 22.8. The molecular weight excluding hydrogens is 274 g/mol. The Labute approximate surface area is 125 Å². The van der Waals surface area contributed by atoms with Crippen molar-refractivity contribution in [3.05, 3.63) is 35.4 Å². The molecule has 0 unspecified atom stereocenters. The molecule has 1 aromatic rings. The quantitative estimate of drug-likeness (QED) is 0.382. The Balaban J connectivity index is 2.23. The predicted molar refractivity (Wildman–Crippen MR) is 81.8 cm³/mol. The van der Waals surface area contributed by atoms with Crippen LogP contribution in [0.3, 0.4) is 0 Å². The summed E-state index contributed by atoms with van der Waals surface area (Å²) in [6.07, 6.45) is 4.15. The van der Waals surface area contributed by atoms with Crippen LogP contribution in [-0.2, 0) is 10.3 Å². The van der Waals surface area contributed by atoms with E-state index in [9.17, 15) is 0 Å².